The third-order valence-electron chi connectivity index (χ3n) is 6.11. The van der Waals surface area contributed by atoms with E-state index in [-0.39, 0.29) is 6.10 Å². The number of halogens is 4. The van der Waals surface area contributed by atoms with Crippen LogP contribution < -0.4 is 15.8 Å². The highest BCUT2D eigenvalue weighted by Crippen LogP contribution is 2.37. The number of thiophene rings is 1. The summed E-state index contributed by atoms with van der Waals surface area (Å²) in [6.45, 7) is 4.09. The summed E-state index contributed by atoms with van der Waals surface area (Å²) < 4.78 is 39.8. The van der Waals surface area contributed by atoms with Crippen LogP contribution in [0.15, 0.2) is 54.9 Å². The van der Waals surface area contributed by atoms with Crippen LogP contribution in [0.4, 0.5) is 13.2 Å². The number of imidazole rings is 1. The highest BCUT2D eigenvalue weighted by atomic mass is 35.5. The van der Waals surface area contributed by atoms with E-state index in [1.54, 1.807) is 25.4 Å². The third-order valence-corrected chi connectivity index (χ3v) is 7.58. The number of primary amides is 1. The van der Waals surface area contributed by atoms with Crippen molar-refractivity contribution >= 4 is 51.8 Å². The number of carboxylic acid groups (broad SMARTS) is 2. The molecular weight excluding hydrogens is 613 g/mol. The van der Waals surface area contributed by atoms with Crippen molar-refractivity contribution in [3.05, 3.63) is 75.9 Å². The zero-order valence-corrected chi connectivity index (χ0v) is 24.5. The zero-order valence-electron chi connectivity index (χ0n) is 22.9. The van der Waals surface area contributed by atoms with Crippen molar-refractivity contribution in [3.8, 4) is 10.8 Å². The molecule has 230 valence electrons. The predicted octanol–water partition coefficient (Wildman–Crippen LogP) is 5.61. The Hall–Kier alpha value is -4.14. The highest BCUT2D eigenvalue weighted by molar-refractivity contribution is 7.16. The number of aryl methyl sites for hydroxylation is 1. The molecule has 4 aromatic rings. The molecule has 43 heavy (non-hydrogen) atoms. The van der Waals surface area contributed by atoms with Crippen molar-refractivity contribution in [1.29, 1.82) is 0 Å². The maximum atomic E-state index is 12.2. The molecule has 2 atom stereocenters. The summed E-state index contributed by atoms with van der Waals surface area (Å²) in [7, 11) is 0. The van der Waals surface area contributed by atoms with E-state index in [0.29, 0.717) is 22.2 Å². The molecule has 0 unspecified atom stereocenters. The second-order valence-electron chi connectivity index (χ2n) is 9.28. The van der Waals surface area contributed by atoms with Gasteiger partial charge in [0.1, 0.15) is 34.1 Å². The van der Waals surface area contributed by atoms with Gasteiger partial charge in [0.05, 0.1) is 11.0 Å². The van der Waals surface area contributed by atoms with Crippen molar-refractivity contribution in [2.24, 2.45) is 5.73 Å². The Morgan fingerprint density at radius 1 is 1.14 bits per heavy atom. The predicted molar refractivity (Wildman–Crippen MR) is 155 cm³/mol. The molecule has 0 aliphatic carbocycles. The molecule has 0 aliphatic heterocycles. The highest BCUT2D eigenvalue weighted by Gasteiger charge is 2.38. The number of hydrogen-bond donors (Lipinski definition) is 4. The van der Waals surface area contributed by atoms with Gasteiger partial charge in [-0.05, 0) is 57.0 Å². The van der Waals surface area contributed by atoms with Crippen LogP contribution in [-0.4, -0.2) is 56.4 Å². The largest absolute Gasteiger partial charge is 0.490 e. The van der Waals surface area contributed by atoms with Gasteiger partial charge in [-0.2, -0.15) is 13.2 Å². The number of hydrogen-bond acceptors (Lipinski definition) is 7. The van der Waals surface area contributed by atoms with Gasteiger partial charge in [0.2, 0.25) is 0 Å². The molecule has 0 aliphatic rings. The summed E-state index contributed by atoms with van der Waals surface area (Å²) in [4.78, 5) is 36.9. The van der Waals surface area contributed by atoms with E-state index in [1.165, 1.54) is 11.3 Å². The van der Waals surface area contributed by atoms with Crippen molar-refractivity contribution in [3.63, 3.8) is 0 Å². The molecule has 0 radical (unpaired) electrons. The van der Waals surface area contributed by atoms with Gasteiger partial charge in [-0.1, -0.05) is 35.9 Å². The number of carboxylic acids is 2. The Kier molecular flexibility index (Phi) is 11.1. The van der Waals surface area contributed by atoms with E-state index in [4.69, 9.17) is 37.1 Å². The number of carbonyl (C=O) groups is 3. The Labute approximate surface area is 252 Å². The standard InChI is InChI=1S/C26H27ClN4O4S.C2HF3O2/c1-15(26(33)34)29-11-5-6-17-9-10-20-21(12-17)31(14-30-20)23-13-22(24(36-23)25(28)32)35-16(2)18-7-3-4-8-19(18)27;3-2(4,5)1(6)7/h3-4,7-10,12-16,29H,5-6,11H2,1-2H3,(H2,28,32)(H,33,34);(H,6,7)/t15-,16+;/m0./s1. The molecule has 2 heterocycles. The van der Waals surface area contributed by atoms with Gasteiger partial charge in [0, 0.05) is 16.7 Å². The summed E-state index contributed by atoms with van der Waals surface area (Å²) in [6, 6.07) is 14.6. The Balaban J connectivity index is 0.000000646. The number of carbonyl (C=O) groups excluding carboxylic acids is 1. The fraction of sp³-hybridized carbons (Fsp3) is 0.286. The molecular formula is C28H28ClF3N4O6S. The smallest absolute Gasteiger partial charge is 0.484 e. The molecule has 1 amide bonds. The number of nitrogens with zero attached hydrogens (tertiary/aromatic N) is 2. The van der Waals surface area contributed by atoms with Crippen LogP contribution >= 0.6 is 22.9 Å². The molecule has 2 aromatic carbocycles. The molecule has 4 rings (SSSR count). The first-order valence-corrected chi connectivity index (χ1v) is 14.0. The number of benzene rings is 2. The lowest BCUT2D eigenvalue weighted by atomic mass is 10.1. The average molecular weight is 641 g/mol. The Morgan fingerprint density at radius 2 is 1.81 bits per heavy atom. The lowest BCUT2D eigenvalue weighted by Gasteiger charge is -2.16. The van der Waals surface area contributed by atoms with Gasteiger partial charge < -0.3 is 26.0 Å². The van der Waals surface area contributed by atoms with Crippen molar-refractivity contribution in [2.45, 2.75) is 45.0 Å². The van der Waals surface area contributed by atoms with Gasteiger partial charge in [0.25, 0.3) is 5.91 Å². The maximum Gasteiger partial charge on any atom is 0.490 e. The Morgan fingerprint density at radius 3 is 2.42 bits per heavy atom. The molecule has 0 spiro atoms. The monoisotopic (exact) mass is 640 g/mol. The minimum atomic E-state index is -5.08. The summed E-state index contributed by atoms with van der Waals surface area (Å²) in [5.74, 6) is -3.80. The lowest BCUT2D eigenvalue weighted by Crippen LogP contribution is -2.34. The van der Waals surface area contributed by atoms with Gasteiger partial charge in [0.15, 0.2) is 0 Å². The van der Waals surface area contributed by atoms with Crippen LogP contribution in [0.5, 0.6) is 5.75 Å². The van der Waals surface area contributed by atoms with Crippen LogP contribution in [0.2, 0.25) is 5.02 Å². The number of nitrogens with two attached hydrogens (primary N) is 1. The molecule has 0 fully saturated rings. The quantitative estimate of drug-likeness (QED) is 0.154. The molecule has 10 nitrogen and oxygen atoms in total. The fourth-order valence-electron chi connectivity index (χ4n) is 3.88. The second-order valence-corrected chi connectivity index (χ2v) is 10.7. The van der Waals surface area contributed by atoms with E-state index < -0.39 is 30.1 Å². The first-order valence-electron chi connectivity index (χ1n) is 12.8. The fourth-order valence-corrected chi connectivity index (χ4v) is 5.10. The number of aromatic nitrogens is 2. The van der Waals surface area contributed by atoms with Crippen molar-refractivity contribution < 1.29 is 42.5 Å². The molecule has 0 saturated heterocycles. The van der Waals surface area contributed by atoms with Crippen molar-refractivity contribution in [1.82, 2.24) is 14.9 Å². The number of aliphatic carboxylic acids is 2. The topological polar surface area (TPSA) is 157 Å². The van der Waals surface area contributed by atoms with Crippen molar-refractivity contribution in [2.75, 3.05) is 6.54 Å². The number of nitrogens with one attached hydrogen (secondary N) is 1. The number of alkyl halides is 3. The number of fused-ring (bicyclic) bond motifs is 1. The van der Waals surface area contributed by atoms with E-state index in [9.17, 15) is 22.8 Å². The minimum Gasteiger partial charge on any atom is -0.484 e. The SMILES string of the molecule is C[C@H](NCCCc1ccc2ncn(-c3cc(O[C@H](C)c4ccccc4Cl)c(C(N)=O)s3)c2c1)C(=O)O.O=C(O)C(F)(F)F. The van der Waals surface area contributed by atoms with Gasteiger partial charge in [-0.25, -0.2) is 9.78 Å². The van der Waals surface area contributed by atoms with E-state index in [0.717, 1.165) is 40.0 Å². The number of amides is 1. The van der Waals surface area contributed by atoms with Crippen LogP contribution in [0.25, 0.3) is 16.0 Å². The number of rotatable bonds is 11. The first kappa shape index (κ1) is 33.4. The molecule has 2 aromatic heterocycles. The maximum absolute atomic E-state index is 12.2. The Bertz CT molecular complexity index is 1610. The number of ether oxygens (including phenoxy) is 1. The second kappa shape index (κ2) is 14.4. The summed E-state index contributed by atoms with van der Waals surface area (Å²) in [5, 5.41) is 20.4. The third kappa shape index (κ3) is 8.92. The summed E-state index contributed by atoms with van der Waals surface area (Å²) >= 11 is 7.56. The molecule has 5 N–H and O–H groups in total. The van der Waals surface area contributed by atoms with Crippen LogP contribution in [0.1, 0.15) is 47.2 Å². The summed E-state index contributed by atoms with van der Waals surface area (Å²) in [6.07, 6.45) is -2.19. The van der Waals surface area contributed by atoms with Crippen LogP contribution in [0.3, 0.4) is 0 Å². The minimum absolute atomic E-state index is 0.320. The van der Waals surface area contributed by atoms with Crippen LogP contribution in [0, 0.1) is 0 Å². The summed E-state index contributed by atoms with van der Waals surface area (Å²) in [5.41, 5.74) is 9.29. The van der Waals surface area contributed by atoms with E-state index in [2.05, 4.69) is 16.4 Å². The van der Waals surface area contributed by atoms with E-state index in [1.807, 2.05) is 41.8 Å². The molecule has 0 saturated carbocycles. The van der Waals surface area contributed by atoms with Gasteiger partial charge in [-0.3, -0.25) is 14.2 Å². The average Bonchev–Trinajstić information content (AvgIpc) is 3.54. The lowest BCUT2D eigenvalue weighted by molar-refractivity contribution is -0.192. The first-order chi connectivity index (χ1) is 20.2. The zero-order chi connectivity index (χ0) is 31.9. The normalized spacial score (nSPS) is 12.7. The van der Waals surface area contributed by atoms with Gasteiger partial charge in [-0.15, -0.1) is 11.3 Å². The van der Waals surface area contributed by atoms with Gasteiger partial charge >= 0.3 is 18.1 Å². The van der Waals surface area contributed by atoms with Crippen LogP contribution in [-0.2, 0) is 16.0 Å². The molecule has 15 heteroatoms. The molecule has 0 bridgehead atoms. The van der Waals surface area contributed by atoms with E-state index >= 15 is 0 Å².